The summed E-state index contributed by atoms with van der Waals surface area (Å²) in [6, 6.07) is 14.9. The van der Waals surface area contributed by atoms with Crippen LogP contribution >= 0.6 is 0 Å². The molecule has 0 saturated heterocycles. The third-order valence-electron chi connectivity index (χ3n) is 4.55. The van der Waals surface area contributed by atoms with Crippen molar-refractivity contribution in [2.24, 2.45) is 0 Å². The Kier molecular flexibility index (Phi) is 3.49. The van der Waals surface area contributed by atoms with Crippen LogP contribution in [0.15, 0.2) is 69.9 Å². The largest absolute Gasteiger partial charge is 0.485 e. The van der Waals surface area contributed by atoms with Gasteiger partial charge in [-0.25, -0.2) is 0 Å². The van der Waals surface area contributed by atoms with Crippen LogP contribution in [0, 0.1) is 0 Å². The molecule has 0 amide bonds. The number of hydrogen-bond acceptors (Lipinski definition) is 3. The van der Waals surface area contributed by atoms with Gasteiger partial charge < -0.3 is 9.15 Å². The number of allylic oxidation sites excluding steroid dienone is 1. The molecule has 3 aromatic rings. The zero-order valence-electron chi connectivity index (χ0n) is 13.7. The average Bonchev–Trinajstić information content (AvgIpc) is 2.92. The highest BCUT2D eigenvalue weighted by Crippen LogP contribution is 2.43. The minimum atomic E-state index is -0.0282. The van der Waals surface area contributed by atoms with E-state index in [1.165, 1.54) is 0 Å². The minimum absolute atomic E-state index is 0.0266. The Bertz CT molecular complexity index is 983. The lowest BCUT2D eigenvalue weighted by Gasteiger charge is -2.10. The number of benzene rings is 2. The Labute approximate surface area is 140 Å². The van der Waals surface area contributed by atoms with Crippen LogP contribution in [0.3, 0.4) is 0 Å². The fourth-order valence-corrected chi connectivity index (χ4v) is 3.31. The monoisotopic (exact) mass is 318 g/mol. The van der Waals surface area contributed by atoms with Gasteiger partial charge in [0.15, 0.2) is 5.43 Å². The summed E-state index contributed by atoms with van der Waals surface area (Å²) in [5, 5.41) is 0.602. The van der Waals surface area contributed by atoms with Gasteiger partial charge in [0, 0.05) is 23.1 Å². The van der Waals surface area contributed by atoms with E-state index in [1.807, 2.05) is 55.5 Å². The minimum Gasteiger partial charge on any atom is -0.485 e. The SMILES string of the molecule is C/C=C/[C@H]1Oc2ccc3c(=O)cc(-c4ccccc4)oc3c2[C@@H]1C. The predicted molar refractivity (Wildman–Crippen MR) is 95.6 cm³/mol. The quantitative estimate of drug-likeness (QED) is 0.631. The van der Waals surface area contributed by atoms with Crippen molar-refractivity contribution < 1.29 is 9.15 Å². The van der Waals surface area contributed by atoms with Gasteiger partial charge in [-0.1, -0.05) is 43.3 Å². The molecule has 0 unspecified atom stereocenters. The van der Waals surface area contributed by atoms with Crippen LogP contribution in [0.25, 0.3) is 22.3 Å². The fourth-order valence-electron chi connectivity index (χ4n) is 3.31. The van der Waals surface area contributed by atoms with Crippen molar-refractivity contribution in [1.29, 1.82) is 0 Å². The van der Waals surface area contributed by atoms with E-state index in [9.17, 15) is 4.79 Å². The topological polar surface area (TPSA) is 39.4 Å². The van der Waals surface area contributed by atoms with Crippen LogP contribution in [-0.2, 0) is 0 Å². The van der Waals surface area contributed by atoms with Crippen molar-refractivity contribution in [3.05, 3.63) is 76.5 Å². The zero-order valence-corrected chi connectivity index (χ0v) is 13.7. The second kappa shape index (κ2) is 5.68. The highest BCUT2D eigenvalue weighted by Gasteiger charge is 2.32. The highest BCUT2D eigenvalue weighted by atomic mass is 16.5. The summed E-state index contributed by atoms with van der Waals surface area (Å²) >= 11 is 0. The molecule has 1 aliphatic rings. The predicted octanol–water partition coefficient (Wildman–Crippen LogP) is 4.90. The first-order valence-corrected chi connectivity index (χ1v) is 8.14. The molecule has 0 aliphatic carbocycles. The normalized spacial score (nSPS) is 19.6. The first-order valence-electron chi connectivity index (χ1n) is 8.14. The summed E-state index contributed by atoms with van der Waals surface area (Å²) < 4.78 is 12.2. The summed E-state index contributed by atoms with van der Waals surface area (Å²) in [6.07, 6.45) is 4.00. The zero-order chi connectivity index (χ0) is 16.7. The molecule has 3 nitrogen and oxygen atoms in total. The Hall–Kier alpha value is -2.81. The van der Waals surface area contributed by atoms with E-state index in [1.54, 1.807) is 12.1 Å². The van der Waals surface area contributed by atoms with E-state index in [2.05, 4.69) is 6.92 Å². The van der Waals surface area contributed by atoms with E-state index >= 15 is 0 Å². The van der Waals surface area contributed by atoms with Crippen molar-refractivity contribution in [2.45, 2.75) is 25.9 Å². The standard InChI is InChI=1S/C21H18O3/c1-3-7-17-13(2)20-18(23-17)11-10-15-16(22)12-19(24-21(15)20)14-8-5-4-6-9-14/h3-13,17H,1-2H3/b7-3+/t13-,17-/m1/s1. The molecule has 0 saturated carbocycles. The maximum absolute atomic E-state index is 12.6. The van der Waals surface area contributed by atoms with Crippen LogP contribution in [0.2, 0.25) is 0 Å². The average molecular weight is 318 g/mol. The molecule has 1 aromatic heterocycles. The first kappa shape index (κ1) is 14.8. The maximum atomic E-state index is 12.6. The van der Waals surface area contributed by atoms with Crippen LogP contribution in [0.1, 0.15) is 25.3 Å². The van der Waals surface area contributed by atoms with Gasteiger partial charge in [-0.15, -0.1) is 0 Å². The molecule has 0 radical (unpaired) electrons. The molecule has 0 N–H and O–H groups in total. The molecular weight excluding hydrogens is 300 g/mol. The van der Waals surface area contributed by atoms with Gasteiger partial charge in [-0.2, -0.15) is 0 Å². The van der Waals surface area contributed by atoms with Gasteiger partial charge in [-0.3, -0.25) is 4.79 Å². The summed E-state index contributed by atoms with van der Waals surface area (Å²) in [4.78, 5) is 12.6. The molecule has 24 heavy (non-hydrogen) atoms. The summed E-state index contributed by atoms with van der Waals surface area (Å²) in [5.74, 6) is 1.52. The van der Waals surface area contributed by atoms with Gasteiger partial charge >= 0.3 is 0 Å². The number of rotatable bonds is 2. The third kappa shape index (κ3) is 2.24. The van der Waals surface area contributed by atoms with Crippen molar-refractivity contribution in [3.8, 4) is 17.1 Å². The molecule has 0 bridgehead atoms. The van der Waals surface area contributed by atoms with E-state index in [-0.39, 0.29) is 17.5 Å². The van der Waals surface area contributed by atoms with Crippen molar-refractivity contribution in [2.75, 3.05) is 0 Å². The Balaban J connectivity index is 1.97. The van der Waals surface area contributed by atoms with E-state index in [0.29, 0.717) is 16.7 Å². The first-order chi connectivity index (χ1) is 11.7. The molecule has 3 heteroatoms. The lowest BCUT2D eigenvalue weighted by Crippen LogP contribution is -2.13. The smallest absolute Gasteiger partial charge is 0.193 e. The van der Waals surface area contributed by atoms with Gasteiger partial charge in [0.1, 0.15) is 23.2 Å². The number of fused-ring (bicyclic) bond motifs is 3. The molecular formula is C21H18O3. The van der Waals surface area contributed by atoms with Crippen molar-refractivity contribution in [3.63, 3.8) is 0 Å². The molecule has 1 aliphatic heterocycles. The second-order valence-electron chi connectivity index (χ2n) is 6.09. The molecule has 4 rings (SSSR count). The van der Waals surface area contributed by atoms with Crippen LogP contribution in [0.4, 0.5) is 0 Å². The Morgan fingerprint density at radius 2 is 1.88 bits per heavy atom. The molecule has 2 heterocycles. The third-order valence-corrected chi connectivity index (χ3v) is 4.55. The maximum Gasteiger partial charge on any atom is 0.193 e. The van der Waals surface area contributed by atoms with E-state index in [4.69, 9.17) is 9.15 Å². The Morgan fingerprint density at radius 1 is 1.08 bits per heavy atom. The fraction of sp³-hybridized carbons (Fsp3) is 0.190. The second-order valence-corrected chi connectivity index (χ2v) is 6.09. The Morgan fingerprint density at radius 3 is 2.62 bits per heavy atom. The molecule has 0 fully saturated rings. The van der Waals surface area contributed by atoms with E-state index < -0.39 is 0 Å². The lowest BCUT2D eigenvalue weighted by molar-refractivity contribution is 0.261. The number of ether oxygens (including phenoxy) is 1. The van der Waals surface area contributed by atoms with Crippen molar-refractivity contribution in [1.82, 2.24) is 0 Å². The number of hydrogen-bond donors (Lipinski definition) is 0. The highest BCUT2D eigenvalue weighted by molar-refractivity contribution is 5.85. The molecule has 0 spiro atoms. The van der Waals surface area contributed by atoms with Crippen LogP contribution < -0.4 is 10.2 Å². The van der Waals surface area contributed by atoms with Crippen LogP contribution in [0.5, 0.6) is 5.75 Å². The van der Waals surface area contributed by atoms with Gasteiger partial charge in [0.25, 0.3) is 0 Å². The van der Waals surface area contributed by atoms with Gasteiger partial charge in [0.2, 0.25) is 0 Å². The van der Waals surface area contributed by atoms with Gasteiger partial charge in [0.05, 0.1) is 5.39 Å². The summed E-state index contributed by atoms with van der Waals surface area (Å²) in [5.41, 5.74) is 2.48. The molecule has 2 aromatic carbocycles. The van der Waals surface area contributed by atoms with Crippen LogP contribution in [-0.4, -0.2) is 6.10 Å². The molecule has 120 valence electrons. The van der Waals surface area contributed by atoms with Crippen molar-refractivity contribution >= 4 is 11.0 Å². The summed E-state index contributed by atoms with van der Waals surface area (Å²) in [6.45, 7) is 4.08. The summed E-state index contributed by atoms with van der Waals surface area (Å²) in [7, 11) is 0. The van der Waals surface area contributed by atoms with Gasteiger partial charge in [-0.05, 0) is 25.1 Å². The lowest BCUT2D eigenvalue weighted by atomic mass is 9.95. The molecule has 2 atom stereocenters. The van der Waals surface area contributed by atoms with E-state index in [0.717, 1.165) is 16.9 Å².